The quantitative estimate of drug-likeness (QED) is 0.215. The van der Waals surface area contributed by atoms with Crippen molar-refractivity contribution in [2.24, 2.45) is 11.5 Å². The van der Waals surface area contributed by atoms with Gasteiger partial charge in [-0.1, -0.05) is 13.3 Å². The average Bonchev–Trinajstić information content (AvgIpc) is 2.30. The lowest BCUT2D eigenvalue weighted by atomic mass is 10.4. The SMILES string of the molecule is CCCCOOCCOCC(N)OCCN. The summed E-state index contributed by atoms with van der Waals surface area (Å²) in [6.07, 6.45) is 1.66. The van der Waals surface area contributed by atoms with E-state index in [0.717, 1.165) is 12.8 Å². The fourth-order valence-corrected chi connectivity index (χ4v) is 0.881. The summed E-state index contributed by atoms with van der Waals surface area (Å²) in [5, 5.41) is 0. The van der Waals surface area contributed by atoms with E-state index >= 15 is 0 Å². The van der Waals surface area contributed by atoms with Crippen molar-refractivity contribution in [3.8, 4) is 0 Å². The van der Waals surface area contributed by atoms with Gasteiger partial charge in [0.15, 0.2) is 0 Å². The minimum absolute atomic E-state index is 0.332. The summed E-state index contributed by atoms with van der Waals surface area (Å²) in [6.45, 7) is 4.78. The van der Waals surface area contributed by atoms with E-state index in [1.165, 1.54) is 0 Å². The van der Waals surface area contributed by atoms with Gasteiger partial charge >= 0.3 is 0 Å². The Morgan fingerprint density at radius 2 is 1.81 bits per heavy atom. The second-order valence-electron chi connectivity index (χ2n) is 3.27. The van der Waals surface area contributed by atoms with Crippen molar-refractivity contribution >= 4 is 0 Å². The normalized spacial score (nSPS) is 12.9. The molecule has 4 N–H and O–H groups in total. The summed E-state index contributed by atoms with van der Waals surface area (Å²) in [5.74, 6) is 0. The molecule has 16 heavy (non-hydrogen) atoms. The summed E-state index contributed by atoms with van der Waals surface area (Å²) in [7, 11) is 0. The molecule has 0 aromatic rings. The molecule has 0 bridgehead atoms. The van der Waals surface area contributed by atoms with Gasteiger partial charge in [0.2, 0.25) is 0 Å². The van der Waals surface area contributed by atoms with E-state index in [1.54, 1.807) is 0 Å². The molecule has 0 aliphatic carbocycles. The number of rotatable bonds is 12. The number of ether oxygens (including phenoxy) is 2. The van der Waals surface area contributed by atoms with Gasteiger partial charge in [0.25, 0.3) is 0 Å². The van der Waals surface area contributed by atoms with E-state index in [9.17, 15) is 0 Å². The molecule has 0 saturated carbocycles. The maximum Gasteiger partial charge on any atom is 0.129 e. The van der Waals surface area contributed by atoms with Gasteiger partial charge in [-0.3, -0.25) is 0 Å². The Morgan fingerprint density at radius 1 is 1.06 bits per heavy atom. The predicted molar refractivity (Wildman–Crippen MR) is 60.6 cm³/mol. The van der Waals surface area contributed by atoms with Crippen LogP contribution in [0.1, 0.15) is 19.8 Å². The summed E-state index contributed by atoms with van der Waals surface area (Å²) in [4.78, 5) is 9.76. The lowest BCUT2D eigenvalue weighted by Gasteiger charge is -2.12. The van der Waals surface area contributed by atoms with E-state index in [2.05, 4.69) is 6.92 Å². The summed E-state index contributed by atoms with van der Waals surface area (Å²) < 4.78 is 10.3. The number of hydrogen-bond donors (Lipinski definition) is 2. The van der Waals surface area contributed by atoms with Gasteiger partial charge in [-0.15, -0.1) is 0 Å². The van der Waals surface area contributed by atoms with Crippen LogP contribution < -0.4 is 11.5 Å². The maximum atomic E-state index is 5.57. The third-order valence-corrected chi connectivity index (χ3v) is 1.71. The van der Waals surface area contributed by atoms with Crippen molar-refractivity contribution < 1.29 is 19.2 Å². The van der Waals surface area contributed by atoms with Crippen LogP contribution in [0.4, 0.5) is 0 Å². The lowest BCUT2D eigenvalue weighted by Crippen LogP contribution is -2.31. The molecule has 6 nitrogen and oxygen atoms in total. The van der Waals surface area contributed by atoms with E-state index in [1.807, 2.05) is 0 Å². The van der Waals surface area contributed by atoms with Crippen molar-refractivity contribution in [1.82, 2.24) is 0 Å². The first kappa shape index (κ1) is 15.8. The minimum atomic E-state index is -0.426. The van der Waals surface area contributed by atoms with Crippen LogP contribution in [-0.4, -0.2) is 45.8 Å². The highest BCUT2D eigenvalue weighted by Crippen LogP contribution is 1.89. The monoisotopic (exact) mass is 236 g/mol. The van der Waals surface area contributed by atoms with Crippen LogP contribution >= 0.6 is 0 Å². The van der Waals surface area contributed by atoms with Crippen molar-refractivity contribution in [1.29, 1.82) is 0 Å². The standard InChI is InChI=1S/C10H24N2O4/c1-2-3-5-15-16-8-7-13-9-10(12)14-6-4-11/h10H,2-9,11-12H2,1H3. The first-order valence-corrected chi connectivity index (χ1v) is 5.70. The Bertz CT molecular complexity index is 138. The molecule has 0 heterocycles. The lowest BCUT2D eigenvalue weighted by molar-refractivity contribution is -0.299. The molecule has 6 heteroatoms. The van der Waals surface area contributed by atoms with E-state index in [0.29, 0.717) is 39.6 Å². The third kappa shape index (κ3) is 11.8. The van der Waals surface area contributed by atoms with Crippen molar-refractivity contribution in [2.45, 2.75) is 26.0 Å². The van der Waals surface area contributed by atoms with E-state index in [4.69, 9.17) is 30.7 Å². The number of nitrogens with two attached hydrogens (primary N) is 2. The van der Waals surface area contributed by atoms with Gasteiger partial charge in [-0.25, -0.2) is 9.78 Å². The first-order valence-electron chi connectivity index (χ1n) is 5.70. The molecule has 0 fully saturated rings. The van der Waals surface area contributed by atoms with Gasteiger partial charge < -0.3 is 20.9 Å². The average molecular weight is 236 g/mol. The molecule has 0 radical (unpaired) electrons. The Hall–Kier alpha value is -0.240. The molecule has 0 spiro atoms. The first-order chi connectivity index (χ1) is 7.81. The molecule has 1 atom stereocenters. The zero-order valence-electron chi connectivity index (χ0n) is 10.0. The molecule has 0 aromatic carbocycles. The second kappa shape index (κ2) is 12.8. The van der Waals surface area contributed by atoms with Crippen LogP contribution in [0.5, 0.6) is 0 Å². The van der Waals surface area contributed by atoms with Crippen LogP contribution in [0, 0.1) is 0 Å². The molecule has 0 aromatic heterocycles. The highest BCUT2D eigenvalue weighted by Gasteiger charge is 2.01. The Morgan fingerprint density at radius 3 is 2.50 bits per heavy atom. The molecule has 0 aliphatic heterocycles. The Balaban J connectivity index is 3.02. The van der Waals surface area contributed by atoms with Crippen molar-refractivity contribution in [2.75, 3.05) is 39.6 Å². The fourth-order valence-electron chi connectivity index (χ4n) is 0.881. The molecular formula is C10H24N2O4. The summed E-state index contributed by atoms with van der Waals surface area (Å²) >= 11 is 0. The zero-order chi connectivity index (χ0) is 12.1. The van der Waals surface area contributed by atoms with Crippen LogP contribution in [0.2, 0.25) is 0 Å². The predicted octanol–water partition coefficient (Wildman–Crippen LogP) is 0.0114. The molecule has 98 valence electrons. The smallest absolute Gasteiger partial charge is 0.129 e. The summed E-state index contributed by atoms with van der Waals surface area (Å²) in [5.41, 5.74) is 10.8. The minimum Gasteiger partial charge on any atom is -0.375 e. The molecule has 0 rings (SSSR count). The summed E-state index contributed by atoms with van der Waals surface area (Å²) in [6, 6.07) is 0. The van der Waals surface area contributed by atoms with Gasteiger partial charge in [-0.05, 0) is 6.42 Å². The van der Waals surface area contributed by atoms with Crippen LogP contribution in [-0.2, 0) is 19.2 Å². The van der Waals surface area contributed by atoms with Crippen molar-refractivity contribution in [3.63, 3.8) is 0 Å². The third-order valence-electron chi connectivity index (χ3n) is 1.71. The van der Waals surface area contributed by atoms with Gasteiger partial charge in [0.1, 0.15) is 12.8 Å². The Kier molecular flexibility index (Phi) is 12.6. The second-order valence-corrected chi connectivity index (χ2v) is 3.27. The number of unbranched alkanes of at least 4 members (excludes halogenated alkanes) is 1. The van der Waals surface area contributed by atoms with Gasteiger partial charge in [0.05, 0.1) is 26.4 Å². The van der Waals surface area contributed by atoms with Gasteiger partial charge in [0, 0.05) is 6.54 Å². The molecule has 0 saturated heterocycles. The van der Waals surface area contributed by atoms with Gasteiger partial charge in [-0.2, -0.15) is 0 Å². The van der Waals surface area contributed by atoms with Crippen LogP contribution in [0.3, 0.4) is 0 Å². The van der Waals surface area contributed by atoms with E-state index in [-0.39, 0.29) is 0 Å². The van der Waals surface area contributed by atoms with E-state index < -0.39 is 6.23 Å². The van der Waals surface area contributed by atoms with Crippen molar-refractivity contribution in [3.05, 3.63) is 0 Å². The highest BCUT2D eigenvalue weighted by atomic mass is 17.2. The zero-order valence-corrected chi connectivity index (χ0v) is 10.0. The molecular weight excluding hydrogens is 212 g/mol. The largest absolute Gasteiger partial charge is 0.375 e. The topological polar surface area (TPSA) is 89.0 Å². The van der Waals surface area contributed by atoms with Crippen LogP contribution in [0.15, 0.2) is 0 Å². The maximum absolute atomic E-state index is 5.57. The Labute approximate surface area is 97.1 Å². The number of hydrogen-bond acceptors (Lipinski definition) is 6. The molecule has 0 amide bonds. The molecule has 0 aliphatic rings. The highest BCUT2D eigenvalue weighted by molar-refractivity contribution is 4.45. The van der Waals surface area contributed by atoms with Crippen LogP contribution in [0.25, 0.3) is 0 Å². The molecule has 1 unspecified atom stereocenters. The fraction of sp³-hybridized carbons (Fsp3) is 1.00.